The predicted octanol–water partition coefficient (Wildman–Crippen LogP) is 3.53. The molecule has 1 aliphatic carbocycles. The van der Waals surface area contributed by atoms with Gasteiger partial charge >= 0.3 is 12.1 Å². The van der Waals surface area contributed by atoms with E-state index in [2.05, 4.69) is 22.8 Å². The summed E-state index contributed by atoms with van der Waals surface area (Å²) in [5, 5.41) is 23.0. The number of amides is 2. The lowest BCUT2D eigenvalue weighted by atomic mass is 9.98. The van der Waals surface area contributed by atoms with Gasteiger partial charge in [0, 0.05) is 17.2 Å². The van der Waals surface area contributed by atoms with Crippen LogP contribution in [-0.2, 0) is 9.53 Å². The van der Waals surface area contributed by atoms with Gasteiger partial charge in [-0.1, -0.05) is 54.6 Å². The summed E-state index contributed by atoms with van der Waals surface area (Å²) >= 11 is 0. The summed E-state index contributed by atoms with van der Waals surface area (Å²) in [5.74, 6) is -2.11. The minimum atomic E-state index is -1.42. The number of rotatable bonds is 7. The first-order valence-corrected chi connectivity index (χ1v) is 10.8. The number of carbonyl (C=O) groups is 3. The smallest absolute Gasteiger partial charge is 0.411 e. The lowest BCUT2D eigenvalue weighted by molar-refractivity contribution is -0.140. The quantitative estimate of drug-likeness (QED) is 0.428. The number of aliphatic hydroxyl groups excluding tert-OH is 1. The van der Waals surface area contributed by atoms with E-state index in [1.54, 1.807) is 13.0 Å². The molecule has 8 heteroatoms. The number of ether oxygens (including phenoxy) is 1. The number of hydrogen-bond acceptors (Lipinski definition) is 5. The molecule has 1 aliphatic rings. The molecule has 0 aromatic heterocycles. The van der Waals surface area contributed by atoms with Crippen LogP contribution < -0.4 is 10.6 Å². The predicted molar refractivity (Wildman–Crippen MR) is 126 cm³/mol. The third kappa shape index (κ3) is 4.62. The number of carboxylic acids is 1. The van der Waals surface area contributed by atoms with Crippen molar-refractivity contribution in [3.63, 3.8) is 0 Å². The number of nitrogens with one attached hydrogen (secondary N) is 2. The minimum Gasteiger partial charge on any atom is -0.480 e. The van der Waals surface area contributed by atoms with Crippen molar-refractivity contribution >= 4 is 23.7 Å². The van der Waals surface area contributed by atoms with E-state index in [0.29, 0.717) is 11.3 Å². The molecule has 34 heavy (non-hydrogen) atoms. The molecule has 0 spiro atoms. The molecule has 8 nitrogen and oxygen atoms in total. The number of benzene rings is 3. The Hall–Kier alpha value is -4.17. The van der Waals surface area contributed by atoms with Crippen LogP contribution in [0.2, 0.25) is 0 Å². The van der Waals surface area contributed by atoms with Crippen LogP contribution in [0.1, 0.15) is 33.0 Å². The summed E-state index contributed by atoms with van der Waals surface area (Å²) in [6.07, 6.45) is -0.665. The van der Waals surface area contributed by atoms with Crippen molar-refractivity contribution in [1.29, 1.82) is 0 Å². The van der Waals surface area contributed by atoms with Gasteiger partial charge in [0.15, 0.2) is 6.04 Å². The fraction of sp³-hybridized carbons (Fsp3) is 0.192. The molecule has 0 heterocycles. The summed E-state index contributed by atoms with van der Waals surface area (Å²) < 4.78 is 5.55. The van der Waals surface area contributed by atoms with Crippen molar-refractivity contribution in [1.82, 2.24) is 5.32 Å². The van der Waals surface area contributed by atoms with Crippen molar-refractivity contribution in [3.05, 3.63) is 89.0 Å². The molecule has 0 bridgehead atoms. The molecule has 3 aromatic carbocycles. The third-order valence-corrected chi connectivity index (χ3v) is 5.87. The van der Waals surface area contributed by atoms with E-state index in [0.717, 1.165) is 22.3 Å². The minimum absolute atomic E-state index is 0.0807. The van der Waals surface area contributed by atoms with E-state index >= 15 is 0 Å². The Labute approximate surface area is 196 Å². The van der Waals surface area contributed by atoms with Crippen LogP contribution in [0.15, 0.2) is 66.7 Å². The second kappa shape index (κ2) is 9.76. The van der Waals surface area contributed by atoms with Gasteiger partial charge in [0.1, 0.15) is 6.61 Å². The molecule has 1 unspecified atom stereocenters. The number of fused-ring (bicyclic) bond motifs is 3. The van der Waals surface area contributed by atoms with Crippen LogP contribution in [0.3, 0.4) is 0 Å². The fourth-order valence-electron chi connectivity index (χ4n) is 4.07. The van der Waals surface area contributed by atoms with E-state index in [4.69, 9.17) is 14.9 Å². The number of aliphatic carboxylic acids is 1. The Morgan fingerprint density at radius 2 is 1.59 bits per heavy atom. The highest BCUT2D eigenvalue weighted by Crippen LogP contribution is 2.44. The van der Waals surface area contributed by atoms with E-state index in [9.17, 15) is 14.4 Å². The van der Waals surface area contributed by atoms with Gasteiger partial charge in [0.25, 0.3) is 5.91 Å². The number of hydrogen-bond donors (Lipinski definition) is 4. The van der Waals surface area contributed by atoms with E-state index in [1.807, 2.05) is 36.4 Å². The lowest BCUT2D eigenvalue weighted by Gasteiger charge is -2.16. The van der Waals surface area contributed by atoms with Crippen LogP contribution in [0.4, 0.5) is 10.5 Å². The van der Waals surface area contributed by atoms with Gasteiger partial charge in [-0.15, -0.1) is 0 Å². The van der Waals surface area contributed by atoms with Crippen LogP contribution in [0.25, 0.3) is 11.1 Å². The molecule has 0 radical (unpaired) electrons. The maximum atomic E-state index is 12.6. The zero-order valence-corrected chi connectivity index (χ0v) is 18.4. The average molecular weight is 460 g/mol. The number of anilines is 1. The maximum Gasteiger partial charge on any atom is 0.411 e. The van der Waals surface area contributed by atoms with Crippen LogP contribution in [0, 0.1) is 6.92 Å². The van der Waals surface area contributed by atoms with Crippen molar-refractivity contribution in [2.45, 2.75) is 18.9 Å². The third-order valence-electron chi connectivity index (χ3n) is 5.87. The second-order valence-corrected chi connectivity index (χ2v) is 8.03. The number of carboxylic acid groups (broad SMARTS) is 1. The Bertz CT molecular complexity index is 1210. The summed E-state index contributed by atoms with van der Waals surface area (Å²) in [4.78, 5) is 36.0. The molecule has 0 saturated heterocycles. The molecule has 174 valence electrons. The molecule has 1 atom stereocenters. The van der Waals surface area contributed by atoms with Gasteiger partial charge < -0.3 is 20.3 Å². The molecule has 0 fully saturated rings. The highest BCUT2D eigenvalue weighted by Gasteiger charge is 2.29. The fourth-order valence-corrected chi connectivity index (χ4v) is 4.07. The number of aryl methyl sites for hydroxylation is 1. The number of aliphatic hydroxyl groups is 1. The zero-order chi connectivity index (χ0) is 24.2. The molecular formula is C26H24N2O6. The van der Waals surface area contributed by atoms with E-state index in [-0.39, 0.29) is 18.1 Å². The molecular weight excluding hydrogens is 436 g/mol. The van der Waals surface area contributed by atoms with Gasteiger partial charge in [-0.3, -0.25) is 10.1 Å². The van der Waals surface area contributed by atoms with Crippen LogP contribution >= 0.6 is 0 Å². The zero-order valence-electron chi connectivity index (χ0n) is 18.4. The van der Waals surface area contributed by atoms with Gasteiger partial charge in [0.2, 0.25) is 0 Å². The normalized spacial score (nSPS) is 12.9. The Morgan fingerprint density at radius 1 is 0.971 bits per heavy atom. The highest BCUT2D eigenvalue weighted by atomic mass is 16.5. The molecule has 4 N–H and O–H groups in total. The van der Waals surface area contributed by atoms with Crippen molar-refractivity contribution < 1.29 is 29.3 Å². The monoisotopic (exact) mass is 460 g/mol. The Kier molecular flexibility index (Phi) is 6.60. The van der Waals surface area contributed by atoms with Gasteiger partial charge in [-0.25, -0.2) is 9.59 Å². The van der Waals surface area contributed by atoms with Gasteiger partial charge in [-0.05, 0) is 46.9 Å². The van der Waals surface area contributed by atoms with Gasteiger partial charge in [0.05, 0.1) is 6.61 Å². The Balaban J connectivity index is 1.44. The van der Waals surface area contributed by atoms with Crippen LogP contribution in [0.5, 0.6) is 0 Å². The first kappa shape index (κ1) is 23.0. The largest absolute Gasteiger partial charge is 0.480 e. The highest BCUT2D eigenvalue weighted by molar-refractivity contribution is 5.98. The summed E-state index contributed by atoms with van der Waals surface area (Å²) in [7, 11) is 0. The molecule has 4 rings (SSSR count). The van der Waals surface area contributed by atoms with Crippen molar-refractivity contribution in [3.8, 4) is 11.1 Å². The molecule has 0 saturated carbocycles. The topological polar surface area (TPSA) is 125 Å². The first-order valence-electron chi connectivity index (χ1n) is 10.8. The maximum absolute atomic E-state index is 12.6. The summed E-state index contributed by atoms with van der Waals surface area (Å²) in [6.45, 7) is 1.17. The molecule has 0 aliphatic heterocycles. The Morgan fingerprint density at radius 3 is 2.18 bits per heavy atom. The van der Waals surface area contributed by atoms with Crippen molar-refractivity contribution in [2.24, 2.45) is 0 Å². The second-order valence-electron chi connectivity index (χ2n) is 8.03. The molecule has 2 amide bonds. The summed E-state index contributed by atoms with van der Waals surface area (Å²) in [5.41, 5.74) is 5.65. The standard InChI is InChI=1S/C26H24N2O6/c1-15-10-11-16(24(30)27-23(13-29)25(31)32)12-22(15)28-26(33)34-14-21-19-8-4-2-6-17(19)18-7-3-5-9-20(18)21/h2-12,21,23,29H,13-14H2,1H3,(H,27,30)(H,28,33)(H,31,32). The van der Waals surface area contributed by atoms with E-state index < -0.39 is 30.6 Å². The first-order chi connectivity index (χ1) is 16.4. The summed E-state index contributed by atoms with van der Waals surface area (Å²) in [6, 6.07) is 19.2. The van der Waals surface area contributed by atoms with E-state index in [1.165, 1.54) is 12.1 Å². The lowest BCUT2D eigenvalue weighted by Crippen LogP contribution is -2.43. The van der Waals surface area contributed by atoms with Crippen LogP contribution in [-0.4, -0.2) is 47.4 Å². The number of carbonyl (C=O) groups excluding carboxylic acids is 2. The van der Waals surface area contributed by atoms with Gasteiger partial charge in [-0.2, -0.15) is 0 Å². The van der Waals surface area contributed by atoms with Crippen molar-refractivity contribution in [2.75, 3.05) is 18.5 Å². The SMILES string of the molecule is Cc1ccc(C(=O)NC(CO)C(=O)O)cc1NC(=O)OCC1c2ccccc2-c2ccccc21. The molecule has 3 aromatic rings. The average Bonchev–Trinajstić information content (AvgIpc) is 3.16.